The van der Waals surface area contributed by atoms with Crippen LogP contribution in [0, 0.1) is 5.82 Å². The molecule has 7 heteroatoms. The van der Waals surface area contributed by atoms with E-state index in [2.05, 4.69) is 9.47 Å². The van der Waals surface area contributed by atoms with Crippen LogP contribution < -0.4 is 9.47 Å². The standard InChI is InChI=1S/C17H11F3O4/c18-12-3-1-2-10(8-12)13(21)5-6-14(22)11-4-7-15-16(9-11)24-17(19,20)23-15/h1-4,7-9H,5-6H2. The second kappa shape index (κ2) is 5.99. The van der Waals surface area contributed by atoms with Gasteiger partial charge in [0.1, 0.15) is 5.82 Å². The van der Waals surface area contributed by atoms with Crippen molar-refractivity contribution < 1.29 is 32.2 Å². The Labute approximate surface area is 134 Å². The van der Waals surface area contributed by atoms with E-state index >= 15 is 0 Å². The largest absolute Gasteiger partial charge is 0.586 e. The van der Waals surface area contributed by atoms with E-state index in [0.717, 1.165) is 12.1 Å². The number of hydrogen-bond donors (Lipinski definition) is 0. The topological polar surface area (TPSA) is 52.6 Å². The van der Waals surface area contributed by atoms with Gasteiger partial charge in [-0.25, -0.2) is 4.39 Å². The molecule has 1 aliphatic rings. The Kier molecular flexibility index (Phi) is 4.01. The van der Waals surface area contributed by atoms with Crippen LogP contribution in [0.25, 0.3) is 0 Å². The fourth-order valence-electron chi connectivity index (χ4n) is 2.30. The van der Waals surface area contributed by atoms with E-state index in [0.29, 0.717) is 0 Å². The normalized spacial score (nSPS) is 14.5. The summed E-state index contributed by atoms with van der Waals surface area (Å²) in [4.78, 5) is 24.0. The Bertz CT molecular complexity index is 817. The summed E-state index contributed by atoms with van der Waals surface area (Å²) < 4.78 is 47.5. The molecule has 0 aliphatic carbocycles. The molecule has 4 nitrogen and oxygen atoms in total. The predicted octanol–water partition coefficient (Wildman–Crippen LogP) is 3.99. The fraction of sp³-hybridized carbons (Fsp3) is 0.176. The molecule has 124 valence electrons. The zero-order chi connectivity index (χ0) is 17.3. The molecule has 0 saturated carbocycles. The van der Waals surface area contributed by atoms with Crippen LogP contribution in [0.5, 0.6) is 11.5 Å². The van der Waals surface area contributed by atoms with Crippen LogP contribution in [-0.4, -0.2) is 17.9 Å². The number of carbonyl (C=O) groups excluding carboxylic acids is 2. The van der Waals surface area contributed by atoms with E-state index in [1.807, 2.05) is 0 Å². The number of Topliss-reactive ketones (excluding diaryl/α,β-unsaturated/α-hetero) is 2. The Morgan fingerprint density at radius 3 is 2.17 bits per heavy atom. The minimum Gasteiger partial charge on any atom is -0.395 e. The Morgan fingerprint density at radius 2 is 1.50 bits per heavy atom. The van der Waals surface area contributed by atoms with E-state index in [1.54, 1.807) is 0 Å². The van der Waals surface area contributed by atoms with Crippen LogP contribution in [0.4, 0.5) is 13.2 Å². The lowest BCUT2D eigenvalue weighted by Crippen LogP contribution is -2.25. The molecule has 0 radical (unpaired) electrons. The lowest BCUT2D eigenvalue weighted by Gasteiger charge is -2.04. The lowest BCUT2D eigenvalue weighted by molar-refractivity contribution is -0.286. The van der Waals surface area contributed by atoms with Crippen LogP contribution in [0.1, 0.15) is 33.6 Å². The maximum absolute atomic E-state index is 13.1. The molecule has 0 aromatic heterocycles. The van der Waals surface area contributed by atoms with Gasteiger partial charge in [-0.3, -0.25) is 9.59 Å². The molecule has 0 atom stereocenters. The van der Waals surface area contributed by atoms with Gasteiger partial charge in [-0.1, -0.05) is 12.1 Å². The highest BCUT2D eigenvalue weighted by Gasteiger charge is 2.43. The average Bonchev–Trinajstić information content (AvgIpc) is 2.85. The molecule has 0 amide bonds. The third kappa shape index (κ3) is 3.40. The van der Waals surface area contributed by atoms with Gasteiger partial charge < -0.3 is 9.47 Å². The molecular formula is C17H11F3O4. The first-order chi connectivity index (χ1) is 11.3. The van der Waals surface area contributed by atoms with Gasteiger partial charge in [0, 0.05) is 24.0 Å². The van der Waals surface area contributed by atoms with Gasteiger partial charge in [-0.15, -0.1) is 8.78 Å². The molecule has 2 aromatic rings. The van der Waals surface area contributed by atoms with Crippen molar-refractivity contribution in [3.8, 4) is 11.5 Å². The van der Waals surface area contributed by atoms with Crippen molar-refractivity contribution in [3.05, 3.63) is 59.4 Å². The quantitative estimate of drug-likeness (QED) is 0.775. The summed E-state index contributed by atoms with van der Waals surface area (Å²) >= 11 is 0. The molecule has 24 heavy (non-hydrogen) atoms. The third-order valence-corrected chi connectivity index (χ3v) is 3.45. The van der Waals surface area contributed by atoms with E-state index in [-0.39, 0.29) is 41.3 Å². The smallest absolute Gasteiger partial charge is 0.395 e. The summed E-state index contributed by atoms with van der Waals surface area (Å²) in [5.41, 5.74) is 0.301. The summed E-state index contributed by atoms with van der Waals surface area (Å²) in [6.45, 7) is 0. The summed E-state index contributed by atoms with van der Waals surface area (Å²) in [6, 6.07) is 8.84. The van der Waals surface area contributed by atoms with Crippen LogP contribution >= 0.6 is 0 Å². The van der Waals surface area contributed by atoms with Gasteiger partial charge in [0.2, 0.25) is 0 Å². The van der Waals surface area contributed by atoms with Crippen molar-refractivity contribution in [2.45, 2.75) is 19.1 Å². The van der Waals surface area contributed by atoms with E-state index in [1.165, 1.54) is 30.3 Å². The first-order valence-electron chi connectivity index (χ1n) is 7.06. The van der Waals surface area contributed by atoms with Crippen molar-refractivity contribution in [3.63, 3.8) is 0 Å². The SMILES string of the molecule is O=C(CCC(=O)c1ccc2c(c1)OC(F)(F)O2)c1cccc(F)c1. The zero-order valence-electron chi connectivity index (χ0n) is 12.2. The average molecular weight is 336 g/mol. The van der Waals surface area contributed by atoms with Crippen LogP contribution in [0.2, 0.25) is 0 Å². The van der Waals surface area contributed by atoms with E-state index < -0.39 is 17.9 Å². The minimum atomic E-state index is -3.75. The summed E-state index contributed by atoms with van der Waals surface area (Å²) in [7, 11) is 0. The van der Waals surface area contributed by atoms with Crippen molar-refractivity contribution in [1.29, 1.82) is 0 Å². The van der Waals surface area contributed by atoms with Crippen LogP contribution in [-0.2, 0) is 0 Å². The van der Waals surface area contributed by atoms with Crippen molar-refractivity contribution >= 4 is 11.6 Å². The monoisotopic (exact) mass is 336 g/mol. The fourth-order valence-corrected chi connectivity index (χ4v) is 2.30. The van der Waals surface area contributed by atoms with Crippen LogP contribution in [0.3, 0.4) is 0 Å². The van der Waals surface area contributed by atoms with Gasteiger partial charge in [0.25, 0.3) is 0 Å². The van der Waals surface area contributed by atoms with Gasteiger partial charge in [-0.05, 0) is 30.3 Å². The number of carbonyl (C=O) groups is 2. The molecule has 3 rings (SSSR count). The molecule has 0 saturated heterocycles. The molecule has 0 fully saturated rings. The number of halogens is 3. The summed E-state index contributed by atoms with van der Waals surface area (Å²) in [6.07, 6.45) is -4.00. The molecule has 1 aliphatic heterocycles. The minimum absolute atomic E-state index is 0.118. The van der Waals surface area contributed by atoms with Gasteiger partial charge in [0.05, 0.1) is 0 Å². The highest BCUT2D eigenvalue weighted by Crippen LogP contribution is 2.41. The second-order valence-electron chi connectivity index (χ2n) is 5.19. The predicted molar refractivity (Wildman–Crippen MR) is 76.9 cm³/mol. The van der Waals surface area contributed by atoms with E-state index in [9.17, 15) is 22.8 Å². The van der Waals surface area contributed by atoms with Gasteiger partial charge in [-0.2, -0.15) is 0 Å². The van der Waals surface area contributed by atoms with Crippen molar-refractivity contribution in [2.75, 3.05) is 0 Å². The number of rotatable bonds is 5. The molecule has 2 aromatic carbocycles. The maximum Gasteiger partial charge on any atom is 0.586 e. The van der Waals surface area contributed by atoms with Crippen molar-refractivity contribution in [1.82, 2.24) is 0 Å². The molecule has 0 spiro atoms. The number of ketones is 2. The first kappa shape index (κ1) is 16.0. The maximum atomic E-state index is 13.1. The highest BCUT2D eigenvalue weighted by atomic mass is 19.3. The van der Waals surface area contributed by atoms with Gasteiger partial charge in [0.15, 0.2) is 23.1 Å². The Hall–Kier alpha value is -2.83. The zero-order valence-corrected chi connectivity index (χ0v) is 12.2. The lowest BCUT2D eigenvalue weighted by atomic mass is 10.0. The summed E-state index contributed by atoms with van der Waals surface area (Å²) in [5.74, 6) is -1.73. The first-order valence-corrected chi connectivity index (χ1v) is 7.06. The van der Waals surface area contributed by atoms with E-state index in [4.69, 9.17) is 0 Å². The molecule has 0 unspecified atom stereocenters. The highest BCUT2D eigenvalue weighted by molar-refractivity contribution is 6.02. The Balaban J connectivity index is 1.65. The Morgan fingerprint density at radius 1 is 0.875 bits per heavy atom. The van der Waals surface area contributed by atoms with Crippen LogP contribution in [0.15, 0.2) is 42.5 Å². The second-order valence-corrected chi connectivity index (χ2v) is 5.19. The molecular weight excluding hydrogens is 325 g/mol. The molecule has 1 heterocycles. The molecule has 0 bridgehead atoms. The number of benzene rings is 2. The molecule has 0 N–H and O–H groups in total. The number of hydrogen-bond acceptors (Lipinski definition) is 4. The number of fused-ring (bicyclic) bond motifs is 1. The number of ether oxygens (including phenoxy) is 2. The third-order valence-electron chi connectivity index (χ3n) is 3.45. The number of alkyl halides is 2. The van der Waals surface area contributed by atoms with Gasteiger partial charge >= 0.3 is 6.29 Å². The summed E-state index contributed by atoms with van der Waals surface area (Å²) in [5, 5.41) is 0. The van der Waals surface area contributed by atoms with Crippen molar-refractivity contribution in [2.24, 2.45) is 0 Å².